The molecule has 236 valence electrons. The highest BCUT2D eigenvalue weighted by molar-refractivity contribution is 5.83. The Kier molecular flexibility index (Phi) is 7.68. The van der Waals surface area contributed by atoms with Crippen LogP contribution >= 0.6 is 0 Å². The predicted molar refractivity (Wildman–Crippen MR) is 207 cm³/mol. The maximum absolute atomic E-state index is 5.19. The van der Waals surface area contributed by atoms with E-state index >= 15 is 0 Å². The van der Waals surface area contributed by atoms with Gasteiger partial charge in [-0.05, 0) is 93.7 Å². The molecule has 0 aliphatic heterocycles. The van der Waals surface area contributed by atoms with Crippen LogP contribution in [0.15, 0.2) is 182 Å². The highest BCUT2D eigenvalue weighted by Crippen LogP contribution is 2.39. The molecule has 0 amide bonds. The van der Waals surface area contributed by atoms with Crippen molar-refractivity contribution in [1.82, 2.24) is 9.97 Å². The van der Waals surface area contributed by atoms with Gasteiger partial charge in [0.1, 0.15) is 0 Å². The zero-order valence-electron chi connectivity index (χ0n) is 27.6. The second kappa shape index (κ2) is 12.9. The fraction of sp³-hybridized carbons (Fsp3) is 0.0417. The number of benzene rings is 6. The Morgan fingerprint density at radius 2 is 0.580 bits per heavy atom. The quantitative estimate of drug-likeness (QED) is 0.181. The van der Waals surface area contributed by atoms with E-state index in [1.807, 2.05) is 0 Å². The second-order valence-electron chi connectivity index (χ2n) is 13.0. The van der Waals surface area contributed by atoms with E-state index in [1.165, 1.54) is 44.5 Å². The van der Waals surface area contributed by atoms with Crippen LogP contribution in [0.5, 0.6) is 0 Å². The third kappa shape index (κ3) is 5.82. The van der Waals surface area contributed by atoms with Gasteiger partial charge in [-0.25, -0.2) is 9.97 Å². The largest absolute Gasteiger partial charge is 0.248 e. The first kappa shape index (κ1) is 29.7. The Balaban J connectivity index is 1.09. The molecule has 50 heavy (non-hydrogen) atoms. The Labute approximate surface area is 293 Å². The summed E-state index contributed by atoms with van der Waals surface area (Å²) in [5.41, 5.74) is 18.6. The first-order valence-electron chi connectivity index (χ1n) is 17.3. The van der Waals surface area contributed by atoms with E-state index in [9.17, 15) is 0 Å². The molecule has 0 N–H and O–H groups in total. The summed E-state index contributed by atoms with van der Waals surface area (Å²) in [7, 11) is 0. The molecule has 1 aliphatic rings. The minimum absolute atomic E-state index is 0.982. The molecule has 2 nitrogen and oxygen atoms in total. The molecular weight excluding hydrogens is 605 g/mol. The summed E-state index contributed by atoms with van der Waals surface area (Å²) in [6.07, 6.45) is 1.96. The van der Waals surface area contributed by atoms with Crippen molar-refractivity contribution in [2.75, 3.05) is 0 Å². The van der Waals surface area contributed by atoms with Crippen LogP contribution in [0.25, 0.3) is 78.4 Å². The molecule has 6 aromatic carbocycles. The van der Waals surface area contributed by atoms with E-state index in [4.69, 9.17) is 9.97 Å². The first-order chi connectivity index (χ1) is 24.7. The Hall–Kier alpha value is -6.38. The van der Waals surface area contributed by atoms with Crippen LogP contribution in [0, 0.1) is 0 Å². The van der Waals surface area contributed by atoms with Gasteiger partial charge in [-0.2, -0.15) is 0 Å². The number of hydrogen-bond acceptors (Lipinski definition) is 2. The van der Waals surface area contributed by atoms with Gasteiger partial charge in [0, 0.05) is 22.3 Å². The number of fused-ring (bicyclic) bond motifs is 3. The fourth-order valence-electron chi connectivity index (χ4n) is 7.18. The monoisotopic (exact) mass is 638 g/mol. The molecule has 0 unspecified atom stereocenters. The lowest BCUT2D eigenvalue weighted by Crippen LogP contribution is -2.05. The average molecular weight is 639 g/mol. The number of hydrogen-bond donors (Lipinski definition) is 0. The molecule has 1 aliphatic carbocycles. The van der Waals surface area contributed by atoms with Crippen molar-refractivity contribution in [3.05, 3.63) is 193 Å². The maximum Gasteiger partial charge on any atom is 0.0715 e. The molecule has 2 heterocycles. The molecule has 9 rings (SSSR count). The molecule has 8 aromatic rings. The van der Waals surface area contributed by atoms with Crippen molar-refractivity contribution >= 4 is 0 Å². The normalized spacial score (nSPS) is 11.8. The minimum Gasteiger partial charge on any atom is -0.248 e. The first-order valence-corrected chi connectivity index (χ1v) is 17.3. The van der Waals surface area contributed by atoms with Crippen LogP contribution in [0.2, 0.25) is 0 Å². The molecule has 0 fully saturated rings. The lowest BCUT2D eigenvalue weighted by Gasteiger charge is -2.22. The molecule has 0 atom stereocenters. The van der Waals surface area contributed by atoms with Crippen molar-refractivity contribution in [1.29, 1.82) is 0 Å². The second-order valence-corrected chi connectivity index (χ2v) is 13.0. The highest BCUT2D eigenvalue weighted by atomic mass is 14.7. The van der Waals surface area contributed by atoms with Gasteiger partial charge in [-0.3, -0.25) is 0 Å². The smallest absolute Gasteiger partial charge is 0.0715 e. The van der Waals surface area contributed by atoms with Gasteiger partial charge >= 0.3 is 0 Å². The van der Waals surface area contributed by atoms with Gasteiger partial charge in [0.2, 0.25) is 0 Å². The van der Waals surface area contributed by atoms with Crippen molar-refractivity contribution in [3.63, 3.8) is 0 Å². The molecular formula is C48H34N2. The zero-order valence-corrected chi connectivity index (χ0v) is 27.6. The molecule has 0 saturated carbocycles. The van der Waals surface area contributed by atoms with Crippen molar-refractivity contribution in [2.24, 2.45) is 0 Å². The maximum atomic E-state index is 5.19. The fourth-order valence-corrected chi connectivity index (χ4v) is 7.18. The van der Waals surface area contributed by atoms with Crippen molar-refractivity contribution in [3.8, 4) is 78.4 Å². The van der Waals surface area contributed by atoms with Crippen LogP contribution in [0.4, 0.5) is 0 Å². The molecule has 0 spiro atoms. The summed E-state index contributed by atoms with van der Waals surface area (Å²) in [5, 5.41) is 0. The molecule has 2 heteroatoms. The summed E-state index contributed by atoms with van der Waals surface area (Å²) in [5.74, 6) is 0. The van der Waals surface area contributed by atoms with E-state index < -0.39 is 0 Å². The zero-order chi connectivity index (χ0) is 33.3. The number of nitrogens with zero attached hydrogens (tertiary/aromatic N) is 2. The highest BCUT2D eigenvalue weighted by Gasteiger charge is 2.19. The summed E-state index contributed by atoms with van der Waals surface area (Å²) >= 11 is 0. The number of rotatable bonds is 6. The summed E-state index contributed by atoms with van der Waals surface area (Å²) in [6, 6.07) is 64.8. The SMILES string of the molecule is c1ccc(-c2cc(-c3ccccc3)nc(-c3ccc4c(c3)CCc3cc(-c5cc(-c6ccccc6)cc(-c6ccccc6)n5)ccc3-4)c2)cc1. The van der Waals surface area contributed by atoms with Crippen LogP contribution in [0.3, 0.4) is 0 Å². The van der Waals surface area contributed by atoms with Crippen LogP contribution in [0.1, 0.15) is 11.1 Å². The predicted octanol–water partition coefficient (Wildman–Crippen LogP) is 12.2. The third-order valence-corrected chi connectivity index (χ3v) is 9.76. The average Bonchev–Trinajstić information content (AvgIpc) is 3.21. The van der Waals surface area contributed by atoms with Gasteiger partial charge in [0.15, 0.2) is 0 Å². The molecule has 2 aromatic heterocycles. The van der Waals surface area contributed by atoms with Gasteiger partial charge in [0.25, 0.3) is 0 Å². The minimum atomic E-state index is 0.982. The van der Waals surface area contributed by atoms with E-state index in [0.29, 0.717) is 0 Å². The number of aromatic nitrogens is 2. The van der Waals surface area contributed by atoms with Crippen molar-refractivity contribution < 1.29 is 0 Å². The third-order valence-electron chi connectivity index (χ3n) is 9.76. The molecule has 0 bridgehead atoms. The number of pyridine rings is 2. The lowest BCUT2D eigenvalue weighted by molar-refractivity contribution is 0.942. The van der Waals surface area contributed by atoms with E-state index in [-0.39, 0.29) is 0 Å². The van der Waals surface area contributed by atoms with Crippen molar-refractivity contribution in [2.45, 2.75) is 12.8 Å². The van der Waals surface area contributed by atoms with Gasteiger partial charge < -0.3 is 0 Å². The standard InChI is InChI=1S/C48H34N2/c1-5-13-33(14-6-1)41-29-45(35-17-9-3-10-18-35)49-47(31-41)39-23-25-43-37(27-39)21-22-38-28-40(24-26-44(38)43)48-32-42(34-15-7-2-8-16-34)30-46(50-48)36-19-11-4-12-20-36/h1-20,23-32H,21-22H2. The summed E-state index contributed by atoms with van der Waals surface area (Å²) in [4.78, 5) is 10.4. The van der Waals surface area contributed by atoms with E-state index in [0.717, 1.165) is 57.9 Å². The van der Waals surface area contributed by atoms with E-state index in [1.54, 1.807) is 0 Å². The summed E-state index contributed by atoms with van der Waals surface area (Å²) in [6.45, 7) is 0. The Morgan fingerprint density at radius 1 is 0.260 bits per heavy atom. The summed E-state index contributed by atoms with van der Waals surface area (Å²) < 4.78 is 0. The molecule has 0 radical (unpaired) electrons. The number of aryl methyl sites for hydroxylation is 2. The van der Waals surface area contributed by atoms with Gasteiger partial charge in [-0.15, -0.1) is 0 Å². The van der Waals surface area contributed by atoms with Crippen LogP contribution in [-0.4, -0.2) is 9.97 Å². The topological polar surface area (TPSA) is 25.8 Å². The van der Waals surface area contributed by atoms with E-state index in [2.05, 4.69) is 182 Å². The Morgan fingerprint density at radius 3 is 0.940 bits per heavy atom. The van der Waals surface area contributed by atoms with Gasteiger partial charge in [-0.1, -0.05) is 146 Å². The van der Waals surface area contributed by atoms with Crippen LogP contribution < -0.4 is 0 Å². The molecule has 0 saturated heterocycles. The van der Waals surface area contributed by atoms with Crippen LogP contribution in [-0.2, 0) is 12.8 Å². The van der Waals surface area contributed by atoms with Gasteiger partial charge in [0.05, 0.1) is 22.8 Å². The Bertz CT molecular complexity index is 2160. The lowest BCUT2D eigenvalue weighted by atomic mass is 9.83.